The van der Waals surface area contributed by atoms with E-state index in [1.165, 1.54) is 19.2 Å². The zero-order valence-corrected chi connectivity index (χ0v) is 9.00. The van der Waals surface area contributed by atoms with Gasteiger partial charge in [0.1, 0.15) is 6.07 Å². The molecule has 2 N–H and O–H groups in total. The van der Waals surface area contributed by atoms with Crippen LogP contribution < -0.4 is 5.73 Å². The van der Waals surface area contributed by atoms with E-state index in [1.54, 1.807) is 6.92 Å². The van der Waals surface area contributed by atoms with Crippen molar-refractivity contribution < 1.29 is 9.53 Å². The smallest absolute Gasteiger partial charge is 0.337 e. The third-order valence-corrected chi connectivity index (χ3v) is 1.98. The first-order chi connectivity index (χ1) is 7.63. The van der Waals surface area contributed by atoms with Crippen LogP contribution in [0.15, 0.2) is 12.1 Å². The lowest BCUT2D eigenvalue weighted by molar-refractivity contribution is 0.0600. The van der Waals surface area contributed by atoms with Crippen molar-refractivity contribution in [3.63, 3.8) is 0 Å². The second-order valence-corrected chi connectivity index (χ2v) is 2.96. The van der Waals surface area contributed by atoms with Crippen molar-refractivity contribution in [3.8, 4) is 17.9 Å². The lowest BCUT2D eigenvalue weighted by atomic mass is 10.0. The Morgan fingerprint density at radius 2 is 2.06 bits per heavy atom. The molecule has 80 valence electrons. The highest BCUT2D eigenvalue weighted by Gasteiger charge is 2.12. The molecule has 0 saturated heterocycles. The van der Waals surface area contributed by atoms with Gasteiger partial charge in [-0.25, -0.2) is 4.79 Å². The largest absolute Gasteiger partial charge is 0.465 e. The summed E-state index contributed by atoms with van der Waals surface area (Å²) in [5.41, 5.74) is 6.95. The summed E-state index contributed by atoms with van der Waals surface area (Å²) < 4.78 is 4.57. The van der Waals surface area contributed by atoms with Gasteiger partial charge in [0.2, 0.25) is 0 Å². The molecule has 1 aromatic rings. The van der Waals surface area contributed by atoms with Crippen LogP contribution in [0, 0.1) is 23.2 Å². The maximum Gasteiger partial charge on any atom is 0.337 e. The van der Waals surface area contributed by atoms with E-state index in [0.29, 0.717) is 5.56 Å². The van der Waals surface area contributed by atoms with E-state index in [9.17, 15) is 4.79 Å². The summed E-state index contributed by atoms with van der Waals surface area (Å²) in [7, 11) is 1.27. The topological polar surface area (TPSA) is 76.1 Å². The zero-order valence-electron chi connectivity index (χ0n) is 9.00. The highest BCUT2D eigenvalue weighted by atomic mass is 16.5. The van der Waals surface area contributed by atoms with Crippen LogP contribution in [0.25, 0.3) is 0 Å². The molecule has 0 aromatic heterocycles. The predicted molar refractivity (Wildman–Crippen MR) is 59.5 cm³/mol. The molecule has 0 fully saturated rings. The summed E-state index contributed by atoms with van der Waals surface area (Å²) in [4.78, 5) is 11.3. The van der Waals surface area contributed by atoms with E-state index in [1.807, 2.05) is 6.07 Å². The van der Waals surface area contributed by atoms with E-state index in [0.717, 1.165) is 0 Å². The SMILES string of the molecule is CC#Cc1cc(C(=O)OC)cc(C#N)c1N. The van der Waals surface area contributed by atoms with Gasteiger partial charge in [0.15, 0.2) is 0 Å². The minimum Gasteiger partial charge on any atom is -0.465 e. The van der Waals surface area contributed by atoms with Crippen molar-refractivity contribution in [2.75, 3.05) is 12.8 Å². The molecule has 16 heavy (non-hydrogen) atoms. The van der Waals surface area contributed by atoms with E-state index in [2.05, 4.69) is 16.6 Å². The van der Waals surface area contributed by atoms with E-state index >= 15 is 0 Å². The average Bonchev–Trinajstić information content (AvgIpc) is 2.31. The Morgan fingerprint density at radius 3 is 2.56 bits per heavy atom. The number of anilines is 1. The molecular formula is C12H10N2O2. The standard InChI is InChI=1S/C12H10N2O2/c1-3-4-8-5-9(12(15)16-2)6-10(7-13)11(8)14/h5-6H,14H2,1-2H3. The molecule has 0 spiro atoms. The third kappa shape index (κ3) is 2.13. The fraction of sp³-hybridized carbons (Fsp3) is 0.167. The Morgan fingerprint density at radius 1 is 1.44 bits per heavy atom. The maximum atomic E-state index is 11.3. The van der Waals surface area contributed by atoms with Gasteiger partial charge in [-0.05, 0) is 19.1 Å². The van der Waals surface area contributed by atoms with Crippen molar-refractivity contribution in [1.82, 2.24) is 0 Å². The number of hydrogen-bond acceptors (Lipinski definition) is 4. The van der Waals surface area contributed by atoms with Crippen LogP contribution in [0.1, 0.15) is 28.4 Å². The number of carbonyl (C=O) groups excluding carboxylic acids is 1. The van der Waals surface area contributed by atoms with Crippen LogP contribution in [0.2, 0.25) is 0 Å². The molecule has 1 rings (SSSR count). The summed E-state index contributed by atoms with van der Waals surface area (Å²) in [6.45, 7) is 1.65. The van der Waals surface area contributed by atoms with Gasteiger partial charge in [0.25, 0.3) is 0 Å². The fourth-order valence-electron chi connectivity index (χ4n) is 1.22. The second kappa shape index (κ2) is 4.86. The summed E-state index contributed by atoms with van der Waals surface area (Å²) in [6, 6.07) is 4.82. The molecule has 0 amide bonds. The van der Waals surface area contributed by atoms with Gasteiger partial charge in [-0.2, -0.15) is 5.26 Å². The van der Waals surface area contributed by atoms with Gasteiger partial charge in [-0.15, -0.1) is 5.92 Å². The van der Waals surface area contributed by atoms with Gasteiger partial charge >= 0.3 is 5.97 Å². The molecule has 0 aliphatic carbocycles. The number of nitriles is 1. The van der Waals surface area contributed by atoms with Crippen LogP contribution in [0.5, 0.6) is 0 Å². The maximum absolute atomic E-state index is 11.3. The van der Waals surface area contributed by atoms with Crippen molar-refractivity contribution in [2.45, 2.75) is 6.92 Å². The lowest BCUT2D eigenvalue weighted by Gasteiger charge is -2.05. The molecule has 0 aliphatic heterocycles. The predicted octanol–water partition coefficient (Wildman–Crippen LogP) is 1.30. The highest BCUT2D eigenvalue weighted by molar-refractivity contribution is 5.91. The number of methoxy groups -OCH3 is 1. The number of nitrogens with two attached hydrogens (primary N) is 1. The Labute approximate surface area is 93.6 Å². The summed E-state index contributed by atoms with van der Waals surface area (Å²) in [5.74, 6) is 4.89. The first kappa shape index (κ1) is 11.6. The molecule has 0 saturated carbocycles. The molecule has 4 nitrogen and oxygen atoms in total. The summed E-state index contributed by atoms with van der Waals surface area (Å²) in [6.07, 6.45) is 0. The Kier molecular flexibility index (Phi) is 3.53. The highest BCUT2D eigenvalue weighted by Crippen LogP contribution is 2.19. The van der Waals surface area contributed by atoms with Gasteiger partial charge in [-0.1, -0.05) is 5.92 Å². The Hall–Kier alpha value is -2.46. The number of nitrogen functional groups attached to an aromatic ring is 1. The van der Waals surface area contributed by atoms with Gasteiger partial charge in [0, 0.05) is 5.56 Å². The third-order valence-electron chi connectivity index (χ3n) is 1.98. The van der Waals surface area contributed by atoms with Gasteiger partial charge in [-0.3, -0.25) is 0 Å². The van der Waals surface area contributed by atoms with Gasteiger partial charge < -0.3 is 10.5 Å². The van der Waals surface area contributed by atoms with Crippen molar-refractivity contribution >= 4 is 11.7 Å². The molecule has 4 heteroatoms. The molecular weight excluding hydrogens is 204 g/mol. The first-order valence-electron chi connectivity index (χ1n) is 4.48. The number of carbonyl (C=O) groups is 1. The van der Waals surface area contributed by atoms with Crippen LogP contribution in [-0.2, 0) is 4.74 Å². The minimum atomic E-state index is -0.518. The second-order valence-electron chi connectivity index (χ2n) is 2.96. The molecule has 0 heterocycles. The number of benzene rings is 1. The monoisotopic (exact) mass is 214 g/mol. The van der Waals surface area contributed by atoms with Gasteiger partial charge in [0.05, 0.1) is 23.9 Å². The van der Waals surface area contributed by atoms with Crippen molar-refractivity contribution in [2.24, 2.45) is 0 Å². The number of hydrogen-bond donors (Lipinski definition) is 1. The van der Waals surface area contributed by atoms with Crippen LogP contribution >= 0.6 is 0 Å². The summed E-state index contributed by atoms with van der Waals surface area (Å²) in [5, 5.41) is 8.86. The van der Waals surface area contributed by atoms with E-state index < -0.39 is 5.97 Å². The average molecular weight is 214 g/mol. The quantitative estimate of drug-likeness (QED) is 0.434. The molecule has 1 aromatic carbocycles. The number of ether oxygens (including phenoxy) is 1. The van der Waals surface area contributed by atoms with Crippen LogP contribution in [0.4, 0.5) is 5.69 Å². The first-order valence-corrected chi connectivity index (χ1v) is 4.48. The lowest BCUT2D eigenvalue weighted by Crippen LogP contribution is -2.05. The molecule has 0 unspecified atom stereocenters. The molecule has 0 atom stereocenters. The Bertz CT molecular complexity index is 530. The number of nitrogens with zero attached hydrogens (tertiary/aromatic N) is 1. The summed E-state index contributed by atoms with van der Waals surface area (Å²) >= 11 is 0. The van der Waals surface area contributed by atoms with E-state index in [-0.39, 0.29) is 16.8 Å². The van der Waals surface area contributed by atoms with E-state index in [4.69, 9.17) is 11.0 Å². The van der Waals surface area contributed by atoms with Crippen LogP contribution in [-0.4, -0.2) is 13.1 Å². The Balaban J connectivity index is 3.45. The fourth-order valence-corrected chi connectivity index (χ4v) is 1.22. The molecule has 0 aliphatic rings. The zero-order chi connectivity index (χ0) is 12.1. The molecule has 0 radical (unpaired) electrons. The van der Waals surface area contributed by atoms with Crippen molar-refractivity contribution in [1.29, 1.82) is 5.26 Å². The van der Waals surface area contributed by atoms with Crippen molar-refractivity contribution in [3.05, 3.63) is 28.8 Å². The normalized spacial score (nSPS) is 8.56. The number of rotatable bonds is 1. The minimum absolute atomic E-state index is 0.223. The number of esters is 1. The van der Waals surface area contributed by atoms with Crippen LogP contribution in [0.3, 0.4) is 0 Å². The molecule has 0 bridgehead atoms.